The van der Waals surface area contributed by atoms with Crippen LogP contribution < -0.4 is 5.32 Å². The fraction of sp³-hybridized carbons (Fsp3) is 0.647. The van der Waals surface area contributed by atoms with Crippen molar-refractivity contribution in [3.8, 4) is 0 Å². The quantitative estimate of drug-likeness (QED) is 0.814. The first-order chi connectivity index (χ1) is 11.6. The Hall–Kier alpha value is -1.44. The smallest absolute Gasteiger partial charge is 0.408 e. The van der Waals surface area contributed by atoms with Crippen molar-refractivity contribution in [3.63, 3.8) is 0 Å². The van der Waals surface area contributed by atoms with E-state index < -0.39 is 12.1 Å². The zero-order valence-corrected chi connectivity index (χ0v) is 14.7. The van der Waals surface area contributed by atoms with Crippen molar-refractivity contribution in [2.24, 2.45) is 0 Å². The Balaban J connectivity index is 1.65. The maximum Gasteiger partial charge on any atom is 0.408 e. The SMILES string of the molecule is O=C(c1ccc(CN2CCCCCC2)s1)C1CNCCN1C(=O)O. The summed E-state index contributed by atoms with van der Waals surface area (Å²) in [5.41, 5.74) is 0. The molecule has 1 unspecified atom stereocenters. The maximum atomic E-state index is 12.7. The highest BCUT2D eigenvalue weighted by atomic mass is 32.1. The van der Waals surface area contributed by atoms with Crippen LogP contribution in [-0.4, -0.2) is 65.5 Å². The van der Waals surface area contributed by atoms with E-state index in [1.165, 1.54) is 46.8 Å². The van der Waals surface area contributed by atoms with E-state index in [0.29, 0.717) is 24.5 Å². The molecule has 0 bridgehead atoms. The van der Waals surface area contributed by atoms with Crippen LogP contribution in [0.25, 0.3) is 0 Å². The highest BCUT2D eigenvalue weighted by Crippen LogP contribution is 2.23. The van der Waals surface area contributed by atoms with Crippen LogP contribution in [0.1, 0.15) is 40.2 Å². The number of rotatable bonds is 4. The van der Waals surface area contributed by atoms with Gasteiger partial charge in [0, 0.05) is 31.1 Å². The zero-order chi connectivity index (χ0) is 16.9. The second-order valence-corrected chi connectivity index (χ2v) is 7.68. The lowest BCUT2D eigenvalue weighted by Crippen LogP contribution is -2.56. The molecule has 2 N–H and O–H groups in total. The maximum absolute atomic E-state index is 12.7. The predicted molar refractivity (Wildman–Crippen MR) is 93.8 cm³/mol. The normalized spacial score (nSPS) is 23.0. The fourth-order valence-electron chi connectivity index (χ4n) is 3.44. The van der Waals surface area contributed by atoms with Crippen LogP contribution in [0.4, 0.5) is 4.79 Å². The average molecular weight is 351 g/mol. The Morgan fingerprint density at radius 2 is 1.92 bits per heavy atom. The van der Waals surface area contributed by atoms with Gasteiger partial charge >= 0.3 is 6.09 Å². The van der Waals surface area contributed by atoms with Gasteiger partial charge in [0.2, 0.25) is 0 Å². The predicted octanol–water partition coefficient (Wildman–Crippen LogP) is 2.26. The second-order valence-electron chi connectivity index (χ2n) is 6.52. The minimum Gasteiger partial charge on any atom is -0.465 e. The number of Topliss-reactive ketones (excluding diaryl/α,β-unsaturated/α-hetero) is 1. The third-order valence-electron chi connectivity index (χ3n) is 4.77. The van der Waals surface area contributed by atoms with Gasteiger partial charge in [-0.3, -0.25) is 14.6 Å². The van der Waals surface area contributed by atoms with Gasteiger partial charge in [-0.25, -0.2) is 4.79 Å². The minimum absolute atomic E-state index is 0.0864. The third-order valence-corrected chi connectivity index (χ3v) is 5.86. The van der Waals surface area contributed by atoms with Crippen molar-refractivity contribution < 1.29 is 14.7 Å². The van der Waals surface area contributed by atoms with Crippen LogP contribution in [0.3, 0.4) is 0 Å². The first-order valence-corrected chi connectivity index (χ1v) is 9.52. The Morgan fingerprint density at radius 3 is 2.62 bits per heavy atom. The molecular formula is C17H25N3O3S. The topological polar surface area (TPSA) is 72.9 Å². The molecule has 0 saturated carbocycles. The summed E-state index contributed by atoms with van der Waals surface area (Å²) in [4.78, 5) is 29.6. The molecule has 132 valence electrons. The van der Waals surface area contributed by atoms with Crippen LogP contribution >= 0.6 is 11.3 Å². The van der Waals surface area contributed by atoms with Crippen LogP contribution in [0.2, 0.25) is 0 Å². The summed E-state index contributed by atoms with van der Waals surface area (Å²) in [5, 5.41) is 12.4. The first kappa shape index (κ1) is 17.4. The summed E-state index contributed by atoms with van der Waals surface area (Å²) in [5.74, 6) is -0.0864. The van der Waals surface area contributed by atoms with Crippen LogP contribution in [0, 0.1) is 0 Å². The van der Waals surface area contributed by atoms with E-state index in [9.17, 15) is 14.7 Å². The van der Waals surface area contributed by atoms with Gasteiger partial charge in [-0.05, 0) is 38.1 Å². The number of amides is 1. The van der Waals surface area contributed by atoms with E-state index >= 15 is 0 Å². The van der Waals surface area contributed by atoms with Gasteiger partial charge in [0.05, 0.1) is 4.88 Å². The van der Waals surface area contributed by atoms with Gasteiger partial charge < -0.3 is 10.4 Å². The monoisotopic (exact) mass is 351 g/mol. The molecule has 0 aromatic carbocycles. The van der Waals surface area contributed by atoms with Crippen LogP contribution in [0.15, 0.2) is 12.1 Å². The molecule has 7 heteroatoms. The minimum atomic E-state index is -1.02. The number of piperazine rings is 1. The van der Waals surface area contributed by atoms with Crippen molar-refractivity contribution in [2.75, 3.05) is 32.7 Å². The molecule has 2 aliphatic rings. The average Bonchev–Trinajstić information content (AvgIpc) is 2.90. The molecule has 2 saturated heterocycles. The second kappa shape index (κ2) is 8.09. The lowest BCUT2D eigenvalue weighted by Gasteiger charge is -2.32. The lowest BCUT2D eigenvalue weighted by molar-refractivity contribution is 0.0744. The molecule has 1 aromatic rings. The summed E-state index contributed by atoms with van der Waals surface area (Å²) in [6.45, 7) is 4.49. The molecule has 0 spiro atoms. The number of nitrogens with one attached hydrogen (secondary N) is 1. The van der Waals surface area contributed by atoms with Gasteiger partial charge in [0.1, 0.15) is 6.04 Å². The van der Waals surface area contributed by atoms with Gasteiger partial charge in [-0.15, -0.1) is 11.3 Å². The standard InChI is InChI=1S/C17H25N3O3S/c21-16(14-11-18-7-10-20(14)17(22)23)15-6-5-13(24-15)12-19-8-3-1-2-4-9-19/h5-6,14,18H,1-4,7-12H2,(H,22,23). The number of carbonyl (C=O) groups excluding carboxylic acids is 1. The van der Waals surface area contributed by atoms with Gasteiger partial charge in [0.15, 0.2) is 5.78 Å². The summed E-state index contributed by atoms with van der Waals surface area (Å²) in [6.07, 6.45) is 4.10. The Bertz CT molecular complexity index is 581. The molecule has 1 aromatic heterocycles. The first-order valence-electron chi connectivity index (χ1n) is 8.71. The van der Waals surface area contributed by atoms with Crippen molar-refractivity contribution in [3.05, 3.63) is 21.9 Å². The number of hydrogen-bond donors (Lipinski definition) is 2. The molecule has 0 aliphatic carbocycles. The summed E-state index contributed by atoms with van der Waals surface area (Å²) < 4.78 is 0. The molecular weight excluding hydrogens is 326 g/mol. The number of thiophene rings is 1. The van der Waals surface area contributed by atoms with Gasteiger partial charge in [0.25, 0.3) is 0 Å². The zero-order valence-electron chi connectivity index (χ0n) is 13.9. The molecule has 1 atom stereocenters. The molecule has 3 heterocycles. The number of nitrogens with zero attached hydrogens (tertiary/aromatic N) is 2. The van der Waals surface area contributed by atoms with E-state index in [4.69, 9.17) is 0 Å². The summed E-state index contributed by atoms with van der Waals surface area (Å²) >= 11 is 1.51. The Kier molecular flexibility index (Phi) is 5.86. The highest BCUT2D eigenvalue weighted by molar-refractivity contribution is 7.14. The molecule has 1 amide bonds. The van der Waals surface area contributed by atoms with Crippen molar-refractivity contribution in [1.82, 2.24) is 15.1 Å². The Labute approximate surface area is 146 Å². The highest BCUT2D eigenvalue weighted by Gasteiger charge is 2.33. The van der Waals surface area contributed by atoms with Crippen LogP contribution in [0.5, 0.6) is 0 Å². The molecule has 24 heavy (non-hydrogen) atoms. The molecule has 2 aliphatic heterocycles. The number of ketones is 1. The van der Waals surface area contributed by atoms with E-state index in [2.05, 4.69) is 10.2 Å². The van der Waals surface area contributed by atoms with E-state index in [-0.39, 0.29) is 5.78 Å². The largest absolute Gasteiger partial charge is 0.465 e. The van der Waals surface area contributed by atoms with E-state index in [0.717, 1.165) is 19.6 Å². The van der Waals surface area contributed by atoms with Gasteiger partial charge in [-0.1, -0.05) is 12.8 Å². The molecule has 6 nitrogen and oxygen atoms in total. The molecule has 2 fully saturated rings. The van der Waals surface area contributed by atoms with Crippen molar-refractivity contribution >= 4 is 23.2 Å². The lowest BCUT2D eigenvalue weighted by atomic mass is 10.1. The third kappa shape index (κ3) is 4.15. The van der Waals surface area contributed by atoms with Gasteiger partial charge in [-0.2, -0.15) is 0 Å². The molecule has 3 rings (SSSR count). The Morgan fingerprint density at radius 1 is 1.17 bits per heavy atom. The van der Waals surface area contributed by atoms with Crippen LogP contribution in [-0.2, 0) is 6.54 Å². The number of carboxylic acid groups (broad SMARTS) is 1. The summed E-state index contributed by atoms with van der Waals surface area (Å²) in [6, 6.07) is 3.26. The molecule has 0 radical (unpaired) electrons. The van der Waals surface area contributed by atoms with E-state index in [1.807, 2.05) is 12.1 Å². The van der Waals surface area contributed by atoms with E-state index in [1.54, 1.807) is 0 Å². The van der Waals surface area contributed by atoms with Crippen molar-refractivity contribution in [1.29, 1.82) is 0 Å². The number of carbonyl (C=O) groups is 2. The number of likely N-dealkylation sites (tertiary alicyclic amines) is 1. The van der Waals surface area contributed by atoms with Crippen molar-refractivity contribution in [2.45, 2.75) is 38.3 Å². The number of hydrogen-bond acceptors (Lipinski definition) is 5. The fourth-order valence-corrected chi connectivity index (χ4v) is 4.48. The summed E-state index contributed by atoms with van der Waals surface area (Å²) in [7, 11) is 0.